The number of methoxy groups -OCH3 is 1. The molecule has 1 spiro atoms. The molecule has 0 aromatic rings. The van der Waals surface area contributed by atoms with Crippen molar-refractivity contribution in [3.8, 4) is 0 Å². The molecule has 0 aromatic heterocycles. The fraction of sp³-hybridized carbons (Fsp3) is 0.944. The van der Waals surface area contributed by atoms with E-state index in [0.717, 1.165) is 45.5 Å². The molecule has 4 heteroatoms. The van der Waals surface area contributed by atoms with E-state index in [4.69, 9.17) is 4.74 Å². The second-order valence-corrected chi connectivity index (χ2v) is 7.47. The quantitative estimate of drug-likeness (QED) is 0.732. The van der Waals surface area contributed by atoms with Crippen LogP contribution in [0.4, 0.5) is 0 Å². The third-order valence-electron chi connectivity index (χ3n) is 6.23. The molecule has 0 aromatic carbocycles. The number of hydrogen-bond donors (Lipinski definition) is 0. The summed E-state index contributed by atoms with van der Waals surface area (Å²) < 4.78 is 5.20. The van der Waals surface area contributed by atoms with Crippen LogP contribution in [0, 0.1) is 5.92 Å². The van der Waals surface area contributed by atoms with Gasteiger partial charge in [0.2, 0.25) is 5.91 Å². The molecule has 2 aliphatic heterocycles. The molecule has 22 heavy (non-hydrogen) atoms. The fourth-order valence-electron chi connectivity index (χ4n) is 4.88. The van der Waals surface area contributed by atoms with Gasteiger partial charge in [-0.05, 0) is 51.5 Å². The molecule has 0 unspecified atom stereocenters. The Bertz CT molecular complexity index is 371. The molecule has 1 amide bonds. The van der Waals surface area contributed by atoms with Crippen molar-refractivity contribution >= 4 is 5.91 Å². The van der Waals surface area contributed by atoms with E-state index in [0.29, 0.717) is 17.4 Å². The van der Waals surface area contributed by atoms with Gasteiger partial charge in [-0.1, -0.05) is 12.8 Å². The molecule has 0 N–H and O–H groups in total. The van der Waals surface area contributed by atoms with Gasteiger partial charge in [-0.3, -0.25) is 9.69 Å². The molecule has 1 saturated carbocycles. The summed E-state index contributed by atoms with van der Waals surface area (Å²) in [5.41, 5.74) is 0.389. The van der Waals surface area contributed by atoms with Gasteiger partial charge in [0.25, 0.3) is 0 Å². The monoisotopic (exact) mass is 308 g/mol. The van der Waals surface area contributed by atoms with Crippen molar-refractivity contribution in [2.75, 3.05) is 39.9 Å². The average Bonchev–Trinajstić information content (AvgIpc) is 3.19. The van der Waals surface area contributed by atoms with E-state index >= 15 is 0 Å². The van der Waals surface area contributed by atoms with E-state index in [-0.39, 0.29) is 0 Å². The second-order valence-electron chi connectivity index (χ2n) is 7.47. The van der Waals surface area contributed by atoms with E-state index in [1.807, 2.05) is 0 Å². The number of carbonyl (C=O) groups excluding carboxylic acids is 1. The molecule has 3 aliphatic rings. The molecule has 3 rings (SSSR count). The van der Waals surface area contributed by atoms with Crippen molar-refractivity contribution in [2.24, 2.45) is 5.92 Å². The number of likely N-dealkylation sites (tertiary alicyclic amines) is 2. The van der Waals surface area contributed by atoms with E-state index in [9.17, 15) is 4.79 Å². The third kappa shape index (κ3) is 3.33. The van der Waals surface area contributed by atoms with Gasteiger partial charge < -0.3 is 9.64 Å². The van der Waals surface area contributed by atoms with Gasteiger partial charge >= 0.3 is 0 Å². The summed E-state index contributed by atoms with van der Waals surface area (Å²) in [6, 6.07) is 0. The summed E-state index contributed by atoms with van der Waals surface area (Å²) in [5, 5.41) is 0. The molecule has 3 fully saturated rings. The summed E-state index contributed by atoms with van der Waals surface area (Å²) >= 11 is 0. The van der Waals surface area contributed by atoms with Crippen molar-refractivity contribution in [1.29, 1.82) is 0 Å². The van der Waals surface area contributed by atoms with E-state index < -0.39 is 0 Å². The maximum atomic E-state index is 12.6. The first-order chi connectivity index (χ1) is 10.7. The molecule has 2 heterocycles. The third-order valence-corrected chi connectivity index (χ3v) is 6.23. The Morgan fingerprint density at radius 2 is 1.82 bits per heavy atom. The minimum Gasteiger partial charge on any atom is -0.385 e. The molecule has 4 nitrogen and oxygen atoms in total. The summed E-state index contributed by atoms with van der Waals surface area (Å²) in [5.74, 6) is 0.798. The molecule has 2 saturated heterocycles. The number of piperidine rings is 1. The normalized spacial score (nSPS) is 26.1. The molecular weight excluding hydrogens is 276 g/mol. The van der Waals surface area contributed by atoms with Crippen LogP contribution < -0.4 is 0 Å². The van der Waals surface area contributed by atoms with Gasteiger partial charge in [0.1, 0.15) is 0 Å². The highest BCUT2D eigenvalue weighted by molar-refractivity contribution is 5.79. The maximum Gasteiger partial charge on any atom is 0.225 e. The van der Waals surface area contributed by atoms with Crippen molar-refractivity contribution < 1.29 is 9.53 Å². The van der Waals surface area contributed by atoms with Crippen LogP contribution in [0.25, 0.3) is 0 Å². The molecule has 0 bridgehead atoms. The van der Waals surface area contributed by atoms with E-state index in [1.165, 1.54) is 45.1 Å². The maximum absolute atomic E-state index is 12.6. The Balaban J connectivity index is 1.52. The Morgan fingerprint density at radius 1 is 1.09 bits per heavy atom. The smallest absolute Gasteiger partial charge is 0.225 e. The lowest BCUT2D eigenvalue weighted by Crippen LogP contribution is -2.54. The van der Waals surface area contributed by atoms with Gasteiger partial charge in [-0.2, -0.15) is 0 Å². The zero-order chi connectivity index (χ0) is 15.4. The zero-order valence-electron chi connectivity index (χ0n) is 14.2. The second kappa shape index (κ2) is 7.31. The number of ether oxygens (including phenoxy) is 1. The van der Waals surface area contributed by atoms with Gasteiger partial charge in [-0.25, -0.2) is 0 Å². The lowest BCUT2D eigenvalue weighted by molar-refractivity contribution is -0.137. The van der Waals surface area contributed by atoms with Crippen molar-refractivity contribution in [3.63, 3.8) is 0 Å². The lowest BCUT2D eigenvalue weighted by atomic mass is 9.84. The van der Waals surface area contributed by atoms with Gasteiger partial charge in [-0.15, -0.1) is 0 Å². The van der Waals surface area contributed by atoms with E-state index in [2.05, 4.69) is 9.80 Å². The van der Waals surface area contributed by atoms with Gasteiger partial charge in [0.05, 0.1) is 0 Å². The van der Waals surface area contributed by atoms with Crippen molar-refractivity contribution in [2.45, 2.75) is 63.3 Å². The lowest BCUT2D eigenvalue weighted by Gasteiger charge is -2.45. The van der Waals surface area contributed by atoms with E-state index in [1.54, 1.807) is 7.11 Å². The fourth-order valence-corrected chi connectivity index (χ4v) is 4.88. The van der Waals surface area contributed by atoms with Crippen LogP contribution in [0.15, 0.2) is 0 Å². The first-order valence-corrected chi connectivity index (χ1v) is 9.28. The molecule has 0 radical (unpaired) electrons. The van der Waals surface area contributed by atoms with Crippen LogP contribution in [-0.2, 0) is 9.53 Å². The highest BCUT2D eigenvalue weighted by atomic mass is 16.5. The van der Waals surface area contributed by atoms with Gasteiger partial charge in [0.15, 0.2) is 0 Å². The minimum absolute atomic E-state index is 0.343. The average molecular weight is 308 g/mol. The molecule has 1 aliphatic carbocycles. The number of rotatable bonds is 5. The predicted octanol–water partition coefficient (Wildman–Crippen LogP) is 2.67. The Morgan fingerprint density at radius 3 is 2.50 bits per heavy atom. The molecule has 126 valence electrons. The Hall–Kier alpha value is -0.610. The summed E-state index contributed by atoms with van der Waals surface area (Å²) in [6.07, 6.45) is 10.9. The molecular formula is C18H32N2O2. The number of carbonyl (C=O) groups is 1. The number of hydrogen-bond acceptors (Lipinski definition) is 3. The highest BCUT2D eigenvalue weighted by Crippen LogP contribution is 2.39. The molecule has 0 atom stereocenters. The number of nitrogens with zero attached hydrogens (tertiary/aromatic N) is 2. The van der Waals surface area contributed by atoms with Crippen LogP contribution in [0.1, 0.15) is 57.8 Å². The van der Waals surface area contributed by atoms with Crippen molar-refractivity contribution in [1.82, 2.24) is 9.80 Å². The van der Waals surface area contributed by atoms with Crippen molar-refractivity contribution in [3.05, 3.63) is 0 Å². The Kier molecular flexibility index (Phi) is 5.40. The zero-order valence-corrected chi connectivity index (χ0v) is 14.2. The first kappa shape index (κ1) is 16.3. The largest absolute Gasteiger partial charge is 0.385 e. The van der Waals surface area contributed by atoms with Crippen LogP contribution >= 0.6 is 0 Å². The van der Waals surface area contributed by atoms with Crippen LogP contribution in [0.2, 0.25) is 0 Å². The summed E-state index contributed by atoms with van der Waals surface area (Å²) in [6.45, 7) is 5.22. The highest BCUT2D eigenvalue weighted by Gasteiger charge is 2.43. The Labute approximate surface area is 135 Å². The topological polar surface area (TPSA) is 32.8 Å². The SMILES string of the molecule is COCCCN1CCCC12CCN(C(=O)C1CCCC1)CC2. The van der Waals surface area contributed by atoms with Crippen LogP contribution in [0.5, 0.6) is 0 Å². The standard InChI is InChI=1S/C18H32N2O2/c1-22-15-5-12-20-11-4-8-18(20)9-13-19(14-10-18)17(21)16-6-2-3-7-16/h16H,2-15H2,1H3. The number of amides is 1. The predicted molar refractivity (Wildman–Crippen MR) is 87.8 cm³/mol. The van der Waals surface area contributed by atoms with Crippen LogP contribution in [-0.4, -0.2) is 61.1 Å². The van der Waals surface area contributed by atoms with Crippen LogP contribution in [0.3, 0.4) is 0 Å². The first-order valence-electron chi connectivity index (χ1n) is 9.28. The minimum atomic E-state index is 0.343. The summed E-state index contributed by atoms with van der Waals surface area (Å²) in [7, 11) is 1.78. The summed E-state index contributed by atoms with van der Waals surface area (Å²) in [4.78, 5) is 17.5. The van der Waals surface area contributed by atoms with Gasteiger partial charge in [0, 0.05) is 44.8 Å².